The summed E-state index contributed by atoms with van der Waals surface area (Å²) in [7, 11) is -1.93. The zero-order valence-electron chi connectivity index (χ0n) is 11.8. The first kappa shape index (κ1) is 15.0. The highest BCUT2D eigenvalue weighted by Gasteiger charge is 2.24. The van der Waals surface area contributed by atoms with Gasteiger partial charge in [-0.3, -0.25) is 0 Å². The lowest BCUT2D eigenvalue weighted by atomic mass is 10.1. The van der Waals surface area contributed by atoms with Crippen LogP contribution in [0.2, 0.25) is 0 Å². The van der Waals surface area contributed by atoms with Crippen molar-refractivity contribution in [3.63, 3.8) is 0 Å². The van der Waals surface area contributed by atoms with Gasteiger partial charge in [0.15, 0.2) is 0 Å². The van der Waals surface area contributed by atoms with Gasteiger partial charge >= 0.3 is 0 Å². The molecule has 0 saturated heterocycles. The summed E-state index contributed by atoms with van der Waals surface area (Å²) in [6.07, 6.45) is 0. The Morgan fingerprint density at radius 1 is 1.11 bits per heavy atom. The van der Waals surface area contributed by atoms with Crippen molar-refractivity contribution in [1.82, 2.24) is 4.72 Å². The molecule has 1 aromatic carbocycles. The summed E-state index contributed by atoms with van der Waals surface area (Å²) in [6, 6.07) is 3.26. The van der Waals surface area contributed by atoms with Crippen LogP contribution >= 0.6 is 0 Å². The minimum Gasteiger partial charge on any atom is -0.496 e. The Bertz CT molecular complexity index is 542. The monoisotopic (exact) mass is 271 g/mol. The van der Waals surface area contributed by atoms with Gasteiger partial charge in [0.2, 0.25) is 10.0 Å². The molecule has 18 heavy (non-hydrogen) atoms. The van der Waals surface area contributed by atoms with Crippen LogP contribution in [-0.2, 0) is 10.0 Å². The van der Waals surface area contributed by atoms with Crippen LogP contribution in [-0.4, -0.2) is 21.1 Å². The Hall–Kier alpha value is -1.07. The normalized spacial score (nSPS) is 12.6. The van der Waals surface area contributed by atoms with Gasteiger partial charge in [0, 0.05) is 5.54 Å². The van der Waals surface area contributed by atoms with Crippen LogP contribution in [0.25, 0.3) is 0 Å². The molecule has 102 valence electrons. The molecule has 0 fully saturated rings. The molecule has 5 heteroatoms. The van der Waals surface area contributed by atoms with Gasteiger partial charge in [-0.15, -0.1) is 0 Å². The summed E-state index contributed by atoms with van der Waals surface area (Å²) < 4.78 is 32.4. The third kappa shape index (κ3) is 3.23. The first-order valence-electron chi connectivity index (χ1n) is 5.76. The number of hydrogen-bond donors (Lipinski definition) is 1. The van der Waals surface area contributed by atoms with E-state index in [1.165, 1.54) is 0 Å². The second-order valence-corrected chi connectivity index (χ2v) is 7.02. The Balaban J connectivity index is 3.31. The van der Waals surface area contributed by atoms with E-state index in [2.05, 4.69) is 4.72 Å². The SMILES string of the molecule is COc1ccc(S(=O)(=O)NC(C)(C)C)c(C)c1C. The molecule has 0 spiro atoms. The lowest BCUT2D eigenvalue weighted by Crippen LogP contribution is -2.40. The Kier molecular flexibility index (Phi) is 4.08. The smallest absolute Gasteiger partial charge is 0.241 e. The maximum atomic E-state index is 12.3. The first-order valence-corrected chi connectivity index (χ1v) is 7.25. The van der Waals surface area contributed by atoms with Crippen LogP contribution < -0.4 is 9.46 Å². The molecule has 0 unspecified atom stereocenters. The van der Waals surface area contributed by atoms with Crippen LogP contribution in [0.1, 0.15) is 31.9 Å². The van der Waals surface area contributed by atoms with Crippen molar-refractivity contribution < 1.29 is 13.2 Å². The molecule has 0 bridgehead atoms. The highest BCUT2D eigenvalue weighted by molar-refractivity contribution is 7.89. The molecule has 0 aliphatic rings. The highest BCUT2D eigenvalue weighted by Crippen LogP contribution is 2.27. The third-order valence-electron chi connectivity index (χ3n) is 2.64. The number of benzene rings is 1. The highest BCUT2D eigenvalue weighted by atomic mass is 32.2. The molecule has 0 amide bonds. The van der Waals surface area contributed by atoms with Crippen LogP contribution in [0.15, 0.2) is 17.0 Å². The van der Waals surface area contributed by atoms with Gasteiger partial charge in [0.25, 0.3) is 0 Å². The van der Waals surface area contributed by atoms with Crippen LogP contribution in [0, 0.1) is 13.8 Å². The van der Waals surface area contributed by atoms with Gasteiger partial charge in [0.05, 0.1) is 12.0 Å². The van der Waals surface area contributed by atoms with Crippen molar-refractivity contribution in [1.29, 1.82) is 0 Å². The standard InChI is InChI=1S/C13H21NO3S/c1-9-10(2)12(8-7-11(9)17-6)18(15,16)14-13(3,4)5/h7-8,14H,1-6H3. The summed E-state index contributed by atoms with van der Waals surface area (Å²) in [4.78, 5) is 0.302. The number of methoxy groups -OCH3 is 1. The van der Waals surface area contributed by atoms with E-state index in [9.17, 15) is 8.42 Å². The predicted molar refractivity (Wildman–Crippen MR) is 72.5 cm³/mol. The number of sulfonamides is 1. The molecule has 0 radical (unpaired) electrons. The van der Waals surface area contributed by atoms with Crippen LogP contribution in [0.3, 0.4) is 0 Å². The topological polar surface area (TPSA) is 55.4 Å². The Morgan fingerprint density at radius 2 is 1.67 bits per heavy atom. The first-order chi connectivity index (χ1) is 8.08. The summed E-state index contributed by atoms with van der Waals surface area (Å²) in [5.41, 5.74) is 1.06. The molecule has 1 aromatic rings. The molecule has 0 aliphatic carbocycles. The van der Waals surface area contributed by atoms with Gasteiger partial charge in [0.1, 0.15) is 5.75 Å². The van der Waals surface area contributed by atoms with E-state index in [-0.39, 0.29) is 0 Å². The molecular weight excluding hydrogens is 250 g/mol. The second-order valence-electron chi connectivity index (χ2n) is 5.37. The zero-order chi connectivity index (χ0) is 14.1. The fourth-order valence-electron chi connectivity index (χ4n) is 1.74. The summed E-state index contributed by atoms with van der Waals surface area (Å²) in [5.74, 6) is 0.696. The van der Waals surface area contributed by atoms with Gasteiger partial charge < -0.3 is 4.74 Å². The van der Waals surface area contributed by atoms with Crippen molar-refractivity contribution in [2.45, 2.75) is 45.1 Å². The van der Waals surface area contributed by atoms with Crippen LogP contribution in [0.5, 0.6) is 5.75 Å². The van der Waals surface area contributed by atoms with E-state index in [0.717, 1.165) is 5.56 Å². The van der Waals surface area contributed by atoms with E-state index in [1.807, 2.05) is 27.7 Å². The quantitative estimate of drug-likeness (QED) is 0.918. The minimum absolute atomic E-state index is 0.302. The fraction of sp³-hybridized carbons (Fsp3) is 0.538. The molecule has 1 N–H and O–H groups in total. The summed E-state index contributed by atoms with van der Waals surface area (Å²) in [5, 5.41) is 0. The van der Waals surface area contributed by atoms with Crippen molar-refractivity contribution in [3.8, 4) is 5.75 Å². The largest absolute Gasteiger partial charge is 0.496 e. The van der Waals surface area contributed by atoms with Crippen molar-refractivity contribution in [2.75, 3.05) is 7.11 Å². The number of hydrogen-bond acceptors (Lipinski definition) is 3. The fourth-order valence-corrected chi connectivity index (χ4v) is 3.46. The summed E-state index contributed by atoms with van der Waals surface area (Å²) in [6.45, 7) is 9.09. The molecule has 0 aromatic heterocycles. The van der Waals surface area contributed by atoms with Crippen molar-refractivity contribution in [3.05, 3.63) is 23.3 Å². The van der Waals surface area contributed by atoms with Crippen LogP contribution in [0.4, 0.5) is 0 Å². The average molecular weight is 271 g/mol. The third-order valence-corrected chi connectivity index (χ3v) is 4.54. The van der Waals surface area contributed by atoms with E-state index in [4.69, 9.17) is 4.74 Å². The Morgan fingerprint density at radius 3 is 2.11 bits per heavy atom. The van der Waals surface area contributed by atoms with Gasteiger partial charge in [-0.25, -0.2) is 13.1 Å². The maximum Gasteiger partial charge on any atom is 0.241 e. The van der Waals surface area contributed by atoms with Gasteiger partial charge in [-0.2, -0.15) is 0 Å². The van der Waals surface area contributed by atoms with Crippen molar-refractivity contribution >= 4 is 10.0 Å². The number of ether oxygens (including phenoxy) is 1. The maximum absolute atomic E-state index is 12.3. The van der Waals surface area contributed by atoms with Gasteiger partial charge in [-0.1, -0.05) is 0 Å². The molecule has 0 aliphatic heterocycles. The second kappa shape index (κ2) is 4.90. The van der Waals surface area contributed by atoms with E-state index < -0.39 is 15.6 Å². The molecule has 4 nitrogen and oxygen atoms in total. The van der Waals surface area contributed by atoms with Gasteiger partial charge in [-0.05, 0) is 57.9 Å². The molecule has 0 atom stereocenters. The van der Waals surface area contributed by atoms with E-state index >= 15 is 0 Å². The zero-order valence-corrected chi connectivity index (χ0v) is 12.6. The Labute approximate surface area is 109 Å². The predicted octanol–water partition coefficient (Wildman–Crippen LogP) is 2.39. The average Bonchev–Trinajstić information content (AvgIpc) is 2.18. The molecule has 0 heterocycles. The van der Waals surface area contributed by atoms with E-state index in [0.29, 0.717) is 16.2 Å². The number of nitrogens with one attached hydrogen (secondary N) is 1. The summed E-state index contributed by atoms with van der Waals surface area (Å²) >= 11 is 0. The lowest BCUT2D eigenvalue weighted by molar-refractivity contribution is 0.410. The van der Waals surface area contributed by atoms with Crippen molar-refractivity contribution in [2.24, 2.45) is 0 Å². The minimum atomic E-state index is -3.50. The lowest BCUT2D eigenvalue weighted by Gasteiger charge is -2.22. The molecule has 0 saturated carbocycles. The molecular formula is C13H21NO3S. The molecule has 1 rings (SSSR count). The van der Waals surface area contributed by atoms with E-state index in [1.54, 1.807) is 26.2 Å². The number of rotatable bonds is 3.